The summed E-state index contributed by atoms with van der Waals surface area (Å²) in [5.41, 5.74) is 1.83. The Hall–Kier alpha value is -2.70. The number of aromatic nitrogens is 2. The zero-order valence-corrected chi connectivity index (χ0v) is 13.6. The minimum absolute atomic E-state index is 0.0773. The first-order valence-corrected chi connectivity index (χ1v) is 7.23. The van der Waals surface area contributed by atoms with E-state index in [4.69, 9.17) is 5.11 Å². The highest BCUT2D eigenvalue weighted by Gasteiger charge is 2.21. The van der Waals surface area contributed by atoms with Crippen molar-refractivity contribution >= 4 is 28.7 Å². The van der Waals surface area contributed by atoms with E-state index in [2.05, 4.69) is 20.6 Å². The third kappa shape index (κ3) is 3.94. The number of anilines is 1. The highest BCUT2D eigenvalue weighted by molar-refractivity contribution is 6.04. The highest BCUT2D eigenvalue weighted by atomic mass is 16.4. The molecular weight excluding hydrogens is 296 g/mol. The van der Waals surface area contributed by atoms with Crippen molar-refractivity contribution in [2.24, 2.45) is 0 Å². The molecule has 1 aromatic carbocycles. The molecule has 0 aliphatic carbocycles. The number of carboxylic acid groups (broad SMARTS) is 1. The zero-order valence-electron chi connectivity index (χ0n) is 13.6. The maximum Gasteiger partial charge on any atom is 0.404 e. The summed E-state index contributed by atoms with van der Waals surface area (Å²) in [4.78, 5) is 31.4. The van der Waals surface area contributed by atoms with Crippen molar-refractivity contribution in [3.8, 4) is 0 Å². The maximum absolute atomic E-state index is 11.8. The van der Waals surface area contributed by atoms with Gasteiger partial charge in [-0.15, -0.1) is 0 Å². The average Bonchev–Trinajstić information content (AvgIpc) is 2.45. The van der Waals surface area contributed by atoms with Gasteiger partial charge in [0.25, 0.3) is 0 Å². The molecule has 0 aliphatic heterocycles. The summed E-state index contributed by atoms with van der Waals surface area (Å²) < 4.78 is 0. The second kappa shape index (κ2) is 6.20. The van der Waals surface area contributed by atoms with Crippen LogP contribution < -0.4 is 10.6 Å². The van der Waals surface area contributed by atoms with Gasteiger partial charge in [0.2, 0.25) is 0 Å². The molecule has 0 spiro atoms. The molecule has 0 atom stereocenters. The predicted octanol–water partition coefficient (Wildman–Crippen LogP) is 2.60. The lowest BCUT2D eigenvalue weighted by molar-refractivity contribution is 0.101. The number of amides is 1. The van der Waals surface area contributed by atoms with Crippen LogP contribution in [-0.2, 0) is 0 Å². The molecule has 7 nitrogen and oxygen atoms in total. The first kappa shape index (κ1) is 16.7. The molecule has 0 aliphatic rings. The Bertz CT molecular complexity index is 771. The van der Waals surface area contributed by atoms with Crippen LogP contribution in [-0.4, -0.2) is 39.0 Å². The Morgan fingerprint density at radius 2 is 1.96 bits per heavy atom. The van der Waals surface area contributed by atoms with Crippen molar-refractivity contribution in [2.75, 3.05) is 11.9 Å². The van der Waals surface area contributed by atoms with Crippen LogP contribution in [0.3, 0.4) is 0 Å². The number of carbonyl (C=O) groups excluding carboxylic acids is 1. The minimum atomic E-state index is -1.08. The Balaban J connectivity index is 2.41. The van der Waals surface area contributed by atoms with Gasteiger partial charge >= 0.3 is 6.09 Å². The number of fused-ring (bicyclic) bond motifs is 1. The number of para-hydroxylation sites is 1. The summed E-state index contributed by atoms with van der Waals surface area (Å²) in [6.07, 6.45) is -1.08. The maximum atomic E-state index is 11.8. The molecule has 1 heterocycles. The molecule has 0 radical (unpaired) electrons. The van der Waals surface area contributed by atoms with E-state index in [-0.39, 0.29) is 12.3 Å². The topological polar surface area (TPSA) is 104 Å². The highest BCUT2D eigenvalue weighted by Crippen LogP contribution is 2.22. The number of aryl methyl sites for hydroxylation is 1. The number of nitrogens with zero attached hydrogens (tertiary/aromatic N) is 2. The van der Waals surface area contributed by atoms with Crippen LogP contribution in [0.2, 0.25) is 0 Å². The quantitative estimate of drug-likeness (QED) is 0.732. The number of ketones is 1. The third-order valence-corrected chi connectivity index (χ3v) is 3.39. The molecule has 0 saturated heterocycles. The number of nitrogens with one attached hydrogen (secondary N) is 2. The van der Waals surface area contributed by atoms with Crippen LogP contribution in [0.4, 0.5) is 10.6 Å². The number of rotatable bonds is 5. The molecule has 1 amide bonds. The molecule has 0 fully saturated rings. The van der Waals surface area contributed by atoms with Crippen LogP contribution in [0.1, 0.15) is 36.8 Å². The number of Topliss-reactive ketones (excluding diaryl/α,β-unsaturated/α-hetero) is 1. The van der Waals surface area contributed by atoms with Gasteiger partial charge in [0.05, 0.1) is 16.7 Å². The van der Waals surface area contributed by atoms with Crippen LogP contribution in [0.15, 0.2) is 18.2 Å². The fourth-order valence-electron chi connectivity index (χ4n) is 2.23. The monoisotopic (exact) mass is 316 g/mol. The average molecular weight is 316 g/mol. The van der Waals surface area contributed by atoms with Gasteiger partial charge in [-0.25, -0.2) is 14.8 Å². The molecule has 122 valence electrons. The molecule has 1 aromatic heterocycles. The first-order chi connectivity index (χ1) is 10.7. The number of benzene rings is 1. The Morgan fingerprint density at radius 3 is 2.57 bits per heavy atom. The predicted molar refractivity (Wildman–Crippen MR) is 88.0 cm³/mol. The van der Waals surface area contributed by atoms with Crippen molar-refractivity contribution in [2.45, 2.75) is 33.2 Å². The summed E-state index contributed by atoms with van der Waals surface area (Å²) >= 11 is 0. The molecule has 2 aromatic rings. The van der Waals surface area contributed by atoms with Gasteiger partial charge in [0.1, 0.15) is 11.3 Å². The van der Waals surface area contributed by atoms with Gasteiger partial charge in [0.15, 0.2) is 5.78 Å². The molecule has 7 heteroatoms. The van der Waals surface area contributed by atoms with Crippen LogP contribution in [0.25, 0.3) is 11.0 Å². The smallest absolute Gasteiger partial charge is 0.404 e. The molecule has 2 rings (SSSR count). The Labute approximate surface area is 134 Å². The van der Waals surface area contributed by atoms with Crippen LogP contribution in [0.5, 0.6) is 0 Å². The summed E-state index contributed by atoms with van der Waals surface area (Å²) in [5, 5.41) is 14.3. The molecule has 0 bridgehead atoms. The normalized spacial score (nSPS) is 11.3. The van der Waals surface area contributed by atoms with E-state index in [1.54, 1.807) is 12.1 Å². The van der Waals surface area contributed by atoms with Gasteiger partial charge in [-0.1, -0.05) is 6.07 Å². The second-order valence-corrected chi connectivity index (χ2v) is 6.05. The van der Waals surface area contributed by atoms with E-state index >= 15 is 0 Å². The van der Waals surface area contributed by atoms with Gasteiger partial charge < -0.3 is 15.7 Å². The van der Waals surface area contributed by atoms with Gasteiger partial charge in [-0.05, 0) is 39.8 Å². The van der Waals surface area contributed by atoms with E-state index in [0.29, 0.717) is 28.1 Å². The molecule has 0 unspecified atom stereocenters. The Kier molecular flexibility index (Phi) is 4.49. The van der Waals surface area contributed by atoms with E-state index in [9.17, 15) is 9.59 Å². The lowest BCUT2D eigenvalue weighted by Crippen LogP contribution is -2.44. The summed E-state index contributed by atoms with van der Waals surface area (Å²) in [6.45, 7) is 7.21. The number of hydrogen-bond donors (Lipinski definition) is 3. The lowest BCUT2D eigenvalue weighted by atomic mass is 10.1. The van der Waals surface area contributed by atoms with Crippen molar-refractivity contribution < 1.29 is 14.7 Å². The SMILES string of the molecule is CC(=O)c1cccc2nc(C)c(NC(C)(C)CNC(=O)O)nc12. The second-order valence-electron chi connectivity index (χ2n) is 6.05. The van der Waals surface area contributed by atoms with E-state index in [1.165, 1.54) is 6.92 Å². The van der Waals surface area contributed by atoms with Crippen molar-refractivity contribution in [3.05, 3.63) is 29.5 Å². The lowest BCUT2D eigenvalue weighted by Gasteiger charge is -2.27. The molecule has 0 saturated carbocycles. The summed E-state index contributed by atoms with van der Waals surface area (Å²) in [5.74, 6) is 0.454. The van der Waals surface area contributed by atoms with E-state index in [0.717, 1.165) is 0 Å². The van der Waals surface area contributed by atoms with Crippen LogP contribution in [0, 0.1) is 6.92 Å². The molecule has 3 N–H and O–H groups in total. The van der Waals surface area contributed by atoms with Gasteiger partial charge in [-0.3, -0.25) is 4.79 Å². The zero-order chi connectivity index (χ0) is 17.2. The van der Waals surface area contributed by atoms with E-state index in [1.807, 2.05) is 26.8 Å². The number of carbonyl (C=O) groups is 2. The van der Waals surface area contributed by atoms with Crippen molar-refractivity contribution in [1.82, 2.24) is 15.3 Å². The van der Waals surface area contributed by atoms with Gasteiger partial charge in [-0.2, -0.15) is 0 Å². The van der Waals surface area contributed by atoms with Gasteiger partial charge in [0, 0.05) is 12.1 Å². The third-order valence-electron chi connectivity index (χ3n) is 3.39. The van der Waals surface area contributed by atoms with Crippen molar-refractivity contribution in [1.29, 1.82) is 0 Å². The van der Waals surface area contributed by atoms with Crippen LogP contribution >= 0.6 is 0 Å². The minimum Gasteiger partial charge on any atom is -0.465 e. The fourth-order valence-corrected chi connectivity index (χ4v) is 2.23. The summed E-state index contributed by atoms with van der Waals surface area (Å²) in [7, 11) is 0. The van der Waals surface area contributed by atoms with Crippen molar-refractivity contribution in [3.63, 3.8) is 0 Å². The molecule has 23 heavy (non-hydrogen) atoms. The first-order valence-electron chi connectivity index (χ1n) is 7.23. The largest absolute Gasteiger partial charge is 0.465 e. The fraction of sp³-hybridized carbons (Fsp3) is 0.375. The Morgan fingerprint density at radius 1 is 1.26 bits per heavy atom. The number of hydrogen-bond acceptors (Lipinski definition) is 5. The summed E-state index contributed by atoms with van der Waals surface area (Å²) in [6, 6.07) is 5.30. The van der Waals surface area contributed by atoms with E-state index < -0.39 is 11.6 Å². The standard InChI is InChI=1S/C16H20N4O3/c1-9-14(20-16(3,4)8-17-15(22)23)19-13-11(10(2)21)6-5-7-12(13)18-9/h5-7,17H,8H2,1-4H3,(H,19,20)(H,22,23). The molecular formula is C16H20N4O3.